The first kappa shape index (κ1) is 21.2. The van der Waals surface area contributed by atoms with Gasteiger partial charge in [0.2, 0.25) is 5.91 Å². The highest BCUT2D eigenvalue weighted by atomic mass is 32.1. The number of benzene rings is 1. The number of amides is 1. The van der Waals surface area contributed by atoms with Crippen LogP contribution >= 0.6 is 11.3 Å². The molecule has 2 aliphatic heterocycles. The maximum Gasteiger partial charge on any atom is 0.224 e. The molecule has 1 aromatic carbocycles. The number of nitrogens with one attached hydrogen (secondary N) is 1. The van der Waals surface area contributed by atoms with Gasteiger partial charge in [-0.05, 0) is 56.9 Å². The average Bonchev–Trinajstić information content (AvgIpc) is 3.56. The van der Waals surface area contributed by atoms with Gasteiger partial charge in [0.1, 0.15) is 5.75 Å². The van der Waals surface area contributed by atoms with Crippen LogP contribution in [-0.2, 0) is 9.53 Å². The molecule has 2 fully saturated rings. The van der Waals surface area contributed by atoms with Crippen LogP contribution in [0.15, 0.2) is 24.3 Å². The number of carbonyl (C=O) groups is 1. The summed E-state index contributed by atoms with van der Waals surface area (Å²) < 4.78 is 13.9. The quantitative estimate of drug-likeness (QED) is 0.614. The average molecular weight is 456 g/mol. The Morgan fingerprint density at radius 3 is 2.88 bits per heavy atom. The molecule has 3 aromatic rings. The van der Waals surface area contributed by atoms with E-state index in [0.717, 1.165) is 71.4 Å². The molecule has 5 rings (SSSR count). The van der Waals surface area contributed by atoms with E-state index < -0.39 is 0 Å². The zero-order valence-corrected chi connectivity index (χ0v) is 19.4. The van der Waals surface area contributed by atoms with E-state index in [1.54, 1.807) is 18.4 Å². The van der Waals surface area contributed by atoms with Crippen LogP contribution in [-0.4, -0.2) is 60.1 Å². The van der Waals surface area contributed by atoms with Crippen molar-refractivity contribution >= 4 is 32.7 Å². The molecule has 0 unspecified atom stereocenters. The second-order valence-corrected chi connectivity index (χ2v) is 9.49. The lowest BCUT2D eigenvalue weighted by Gasteiger charge is -2.31. The minimum atomic E-state index is -0.0173. The van der Waals surface area contributed by atoms with Crippen LogP contribution in [0.25, 0.3) is 16.0 Å². The number of fused-ring (bicyclic) bond motifs is 1. The van der Waals surface area contributed by atoms with Crippen molar-refractivity contribution in [1.29, 1.82) is 0 Å². The van der Waals surface area contributed by atoms with E-state index in [1.165, 1.54) is 0 Å². The molecule has 1 N–H and O–H groups in total. The number of rotatable bonds is 6. The van der Waals surface area contributed by atoms with Gasteiger partial charge in [-0.3, -0.25) is 4.79 Å². The van der Waals surface area contributed by atoms with Crippen LogP contribution < -0.4 is 15.0 Å². The second kappa shape index (κ2) is 9.07. The monoisotopic (exact) mass is 455 g/mol. The van der Waals surface area contributed by atoms with Crippen molar-refractivity contribution in [1.82, 2.24) is 20.1 Å². The molecule has 2 atom stereocenters. The summed E-state index contributed by atoms with van der Waals surface area (Å²) in [5.41, 5.74) is 2.77. The predicted octanol–water partition coefficient (Wildman–Crippen LogP) is 3.31. The van der Waals surface area contributed by atoms with E-state index in [4.69, 9.17) is 19.6 Å². The molecule has 4 heterocycles. The molecule has 0 radical (unpaired) electrons. The Morgan fingerprint density at radius 1 is 1.28 bits per heavy atom. The summed E-state index contributed by atoms with van der Waals surface area (Å²) in [6.45, 7) is 5.06. The van der Waals surface area contributed by atoms with Crippen molar-refractivity contribution in [2.45, 2.75) is 38.7 Å². The van der Waals surface area contributed by atoms with Crippen molar-refractivity contribution in [2.75, 3.05) is 38.3 Å². The fourth-order valence-electron chi connectivity index (χ4n) is 4.49. The number of piperidine rings is 1. The Labute approximate surface area is 191 Å². The normalized spacial score (nSPS) is 21.2. The summed E-state index contributed by atoms with van der Waals surface area (Å²) in [5, 5.41) is 8.76. The summed E-state index contributed by atoms with van der Waals surface area (Å²) >= 11 is 1.66. The highest BCUT2D eigenvalue weighted by molar-refractivity contribution is 7.22. The molecule has 170 valence electrons. The first-order chi connectivity index (χ1) is 15.6. The third-order valence-electron chi connectivity index (χ3n) is 6.28. The number of hydrogen-bond donors (Lipinski definition) is 1. The Kier molecular flexibility index (Phi) is 6.01. The SMILES string of the molecule is COc1ccc(-n2nc(C)c3sc(N4CCC[C@H](C(=O)NC[C@H]5CCCO5)C4)nc32)cc1. The largest absolute Gasteiger partial charge is 0.497 e. The second-order valence-electron chi connectivity index (χ2n) is 8.51. The first-order valence-corrected chi connectivity index (χ1v) is 12.1. The van der Waals surface area contributed by atoms with Gasteiger partial charge in [-0.25, -0.2) is 4.68 Å². The molecule has 0 bridgehead atoms. The maximum absolute atomic E-state index is 12.8. The molecule has 32 heavy (non-hydrogen) atoms. The Balaban J connectivity index is 1.32. The van der Waals surface area contributed by atoms with E-state index in [1.807, 2.05) is 35.9 Å². The zero-order valence-electron chi connectivity index (χ0n) is 18.5. The third kappa shape index (κ3) is 4.19. The van der Waals surface area contributed by atoms with Crippen LogP contribution in [0.1, 0.15) is 31.4 Å². The van der Waals surface area contributed by atoms with Gasteiger partial charge in [0.05, 0.1) is 35.2 Å². The smallest absolute Gasteiger partial charge is 0.224 e. The molecule has 1 amide bonds. The van der Waals surface area contributed by atoms with E-state index in [-0.39, 0.29) is 17.9 Å². The number of nitrogens with zero attached hydrogens (tertiary/aromatic N) is 4. The molecular formula is C23H29N5O3S. The summed E-state index contributed by atoms with van der Waals surface area (Å²) in [7, 11) is 1.66. The topological polar surface area (TPSA) is 81.5 Å². The molecule has 2 aliphatic rings. The molecule has 0 spiro atoms. The van der Waals surface area contributed by atoms with Gasteiger partial charge >= 0.3 is 0 Å². The van der Waals surface area contributed by atoms with Gasteiger partial charge in [0.15, 0.2) is 10.8 Å². The number of aryl methyl sites for hydroxylation is 1. The molecular weight excluding hydrogens is 426 g/mol. The van der Waals surface area contributed by atoms with Gasteiger partial charge < -0.3 is 19.7 Å². The van der Waals surface area contributed by atoms with Crippen molar-refractivity contribution in [2.24, 2.45) is 5.92 Å². The maximum atomic E-state index is 12.8. The lowest BCUT2D eigenvalue weighted by molar-refractivity contribution is -0.125. The Bertz CT molecular complexity index is 1090. The zero-order chi connectivity index (χ0) is 22.1. The lowest BCUT2D eigenvalue weighted by atomic mass is 9.97. The van der Waals surface area contributed by atoms with Gasteiger partial charge in [-0.1, -0.05) is 11.3 Å². The van der Waals surface area contributed by atoms with Crippen molar-refractivity contribution < 1.29 is 14.3 Å². The van der Waals surface area contributed by atoms with E-state index >= 15 is 0 Å². The summed E-state index contributed by atoms with van der Waals surface area (Å²) in [4.78, 5) is 20.0. The van der Waals surface area contributed by atoms with Crippen LogP contribution in [0.4, 0.5) is 5.13 Å². The van der Waals surface area contributed by atoms with Crippen LogP contribution in [0, 0.1) is 12.8 Å². The molecule has 9 heteroatoms. The number of carbonyl (C=O) groups excluding carboxylic acids is 1. The van der Waals surface area contributed by atoms with E-state index in [9.17, 15) is 4.79 Å². The molecule has 2 saturated heterocycles. The van der Waals surface area contributed by atoms with E-state index in [2.05, 4.69) is 10.2 Å². The number of aromatic nitrogens is 3. The summed E-state index contributed by atoms with van der Waals surface area (Å²) in [5.74, 6) is 0.924. The molecule has 2 aromatic heterocycles. The third-order valence-corrected chi connectivity index (χ3v) is 7.50. The van der Waals surface area contributed by atoms with Crippen molar-refractivity contribution in [3.8, 4) is 11.4 Å². The predicted molar refractivity (Wildman–Crippen MR) is 125 cm³/mol. The number of thiazole rings is 1. The minimum Gasteiger partial charge on any atom is -0.497 e. The van der Waals surface area contributed by atoms with Crippen LogP contribution in [0.3, 0.4) is 0 Å². The van der Waals surface area contributed by atoms with Gasteiger partial charge in [-0.2, -0.15) is 10.1 Å². The van der Waals surface area contributed by atoms with Gasteiger partial charge in [0.25, 0.3) is 0 Å². The van der Waals surface area contributed by atoms with Gasteiger partial charge in [-0.15, -0.1) is 0 Å². The summed E-state index contributed by atoms with van der Waals surface area (Å²) in [6.07, 6.45) is 4.19. The first-order valence-electron chi connectivity index (χ1n) is 11.3. The van der Waals surface area contributed by atoms with Crippen LogP contribution in [0.5, 0.6) is 5.75 Å². The Hall–Kier alpha value is -2.65. The highest BCUT2D eigenvalue weighted by Crippen LogP contribution is 2.34. The van der Waals surface area contributed by atoms with Crippen molar-refractivity contribution in [3.05, 3.63) is 30.0 Å². The van der Waals surface area contributed by atoms with E-state index in [0.29, 0.717) is 13.1 Å². The summed E-state index contributed by atoms with van der Waals surface area (Å²) in [6, 6.07) is 7.82. The molecule has 0 aliphatic carbocycles. The Morgan fingerprint density at radius 2 is 2.12 bits per heavy atom. The number of anilines is 1. The van der Waals surface area contributed by atoms with Gasteiger partial charge in [0, 0.05) is 26.2 Å². The van der Waals surface area contributed by atoms with Crippen LogP contribution in [0.2, 0.25) is 0 Å². The number of ether oxygens (including phenoxy) is 2. The number of hydrogen-bond acceptors (Lipinski definition) is 7. The lowest BCUT2D eigenvalue weighted by Crippen LogP contribution is -2.44. The molecule has 8 nitrogen and oxygen atoms in total. The fourth-order valence-corrected chi connectivity index (χ4v) is 5.51. The highest BCUT2D eigenvalue weighted by Gasteiger charge is 2.29. The van der Waals surface area contributed by atoms with Crippen molar-refractivity contribution in [3.63, 3.8) is 0 Å². The minimum absolute atomic E-state index is 0.0173. The molecule has 0 saturated carbocycles. The fraction of sp³-hybridized carbons (Fsp3) is 0.522. The standard InChI is InChI=1S/C23H29N5O3S/c1-15-20-21(28(26-15)17-7-9-18(30-2)10-8-17)25-23(32-20)27-11-3-5-16(14-27)22(29)24-13-19-6-4-12-31-19/h7-10,16,19H,3-6,11-14H2,1-2H3,(H,24,29)/t16-,19+/m0/s1. The number of methoxy groups -OCH3 is 1.